The molecule has 0 radical (unpaired) electrons. The number of nitrogens with zero attached hydrogens (tertiary/aromatic N) is 2. The molecule has 1 aliphatic heterocycles. The Balaban J connectivity index is 1.94. The van der Waals surface area contributed by atoms with Crippen molar-refractivity contribution in [2.24, 2.45) is 16.3 Å². The Labute approximate surface area is 199 Å². The molecule has 0 amide bonds. The number of methoxy groups -OCH3 is 1. The van der Waals surface area contributed by atoms with Crippen LogP contribution in [0.5, 0.6) is 5.75 Å². The normalized spacial score (nSPS) is 20.1. The van der Waals surface area contributed by atoms with Crippen LogP contribution < -0.4 is 20.5 Å². The van der Waals surface area contributed by atoms with Crippen LogP contribution in [-0.2, 0) is 14.8 Å². The highest BCUT2D eigenvalue weighted by Crippen LogP contribution is 2.50. The van der Waals surface area contributed by atoms with E-state index in [1.54, 1.807) is 36.3 Å². The molecule has 0 spiro atoms. The lowest BCUT2D eigenvalue weighted by molar-refractivity contribution is -0.118. The zero-order chi connectivity index (χ0) is 24.8. The van der Waals surface area contributed by atoms with Crippen molar-refractivity contribution in [2.45, 2.75) is 37.5 Å². The van der Waals surface area contributed by atoms with E-state index in [1.807, 2.05) is 26.0 Å². The molecule has 8 nitrogen and oxygen atoms in total. The number of sulfonamides is 1. The summed E-state index contributed by atoms with van der Waals surface area (Å²) < 4.78 is 28.7. The van der Waals surface area contributed by atoms with Crippen LogP contribution in [0.3, 0.4) is 0 Å². The van der Waals surface area contributed by atoms with Gasteiger partial charge in [-0.15, -0.1) is 0 Å². The molecule has 2 aromatic carbocycles. The highest BCUT2D eigenvalue weighted by Gasteiger charge is 2.44. The van der Waals surface area contributed by atoms with Crippen molar-refractivity contribution in [3.8, 4) is 11.8 Å². The number of benzene rings is 2. The van der Waals surface area contributed by atoms with E-state index in [0.29, 0.717) is 35.4 Å². The van der Waals surface area contributed by atoms with Crippen molar-refractivity contribution in [1.82, 2.24) is 0 Å². The molecule has 4 N–H and O–H groups in total. The third-order valence-corrected chi connectivity index (χ3v) is 7.18. The fraction of sp³-hybridized carbons (Fsp3) is 0.280. The highest BCUT2D eigenvalue weighted by molar-refractivity contribution is 7.89. The third-order valence-electron chi connectivity index (χ3n) is 6.25. The first-order chi connectivity index (χ1) is 16.0. The van der Waals surface area contributed by atoms with Gasteiger partial charge in [0.2, 0.25) is 10.0 Å². The van der Waals surface area contributed by atoms with Crippen molar-refractivity contribution in [3.05, 3.63) is 76.8 Å². The quantitative estimate of drug-likeness (QED) is 0.687. The van der Waals surface area contributed by atoms with Crippen LogP contribution >= 0.6 is 0 Å². The third kappa shape index (κ3) is 4.06. The van der Waals surface area contributed by atoms with E-state index in [9.17, 15) is 18.5 Å². The van der Waals surface area contributed by atoms with E-state index in [2.05, 4.69) is 6.07 Å². The Morgan fingerprint density at radius 3 is 2.24 bits per heavy atom. The van der Waals surface area contributed by atoms with Crippen LogP contribution in [-0.4, -0.2) is 21.3 Å². The maximum atomic E-state index is 13.5. The molecular weight excluding hydrogens is 452 g/mol. The summed E-state index contributed by atoms with van der Waals surface area (Å²) in [6, 6.07) is 15.4. The van der Waals surface area contributed by atoms with Gasteiger partial charge < -0.3 is 10.5 Å². The van der Waals surface area contributed by atoms with Crippen molar-refractivity contribution in [1.29, 1.82) is 5.26 Å². The number of ether oxygens (including phenoxy) is 1. The lowest BCUT2D eigenvalue weighted by Crippen LogP contribution is -2.42. The predicted octanol–water partition coefficient (Wildman–Crippen LogP) is 3.28. The van der Waals surface area contributed by atoms with Crippen LogP contribution in [0.4, 0.5) is 5.69 Å². The predicted molar refractivity (Wildman–Crippen MR) is 128 cm³/mol. The van der Waals surface area contributed by atoms with Gasteiger partial charge in [-0.25, -0.2) is 13.6 Å². The van der Waals surface area contributed by atoms with Gasteiger partial charge in [-0.2, -0.15) is 5.26 Å². The molecule has 0 saturated heterocycles. The second kappa shape index (κ2) is 8.31. The smallest absolute Gasteiger partial charge is 0.238 e. The monoisotopic (exact) mass is 478 g/mol. The summed E-state index contributed by atoms with van der Waals surface area (Å²) in [5.41, 5.74) is 9.08. The molecular formula is C25H26N4O4S. The number of Topliss-reactive ketones (excluding diaryl/α,β-unsaturated/α-hetero) is 1. The number of hydrogen-bond acceptors (Lipinski definition) is 7. The van der Waals surface area contributed by atoms with Gasteiger partial charge in [-0.1, -0.05) is 26.0 Å². The SMILES string of the molecule is COc1ccc(N2C(N)=C(C#N)C(c3ccc(S(N)(=O)=O)cc3)C3=C2CC(C)(C)CC3=O)cc1. The van der Waals surface area contributed by atoms with Gasteiger partial charge >= 0.3 is 0 Å². The second-order valence-electron chi connectivity index (χ2n) is 9.29. The largest absolute Gasteiger partial charge is 0.497 e. The molecule has 9 heteroatoms. The number of carbonyl (C=O) groups is 1. The summed E-state index contributed by atoms with van der Waals surface area (Å²) >= 11 is 0. The van der Waals surface area contributed by atoms with Crippen LogP contribution in [0.1, 0.15) is 38.2 Å². The first-order valence-electron chi connectivity index (χ1n) is 10.7. The van der Waals surface area contributed by atoms with Gasteiger partial charge in [0.25, 0.3) is 0 Å². The van der Waals surface area contributed by atoms with Crippen molar-refractivity contribution >= 4 is 21.5 Å². The number of anilines is 1. The Morgan fingerprint density at radius 1 is 1.09 bits per heavy atom. The minimum Gasteiger partial charge on any atom is -0.497 e. The summed E-state index contributed by atoms with van der Waals surface area (Å²) in [5.74, 6) is 0.140. The number of carbonyl (C=O) groups excluding carboxylic acids is 1. The Kier molecular flexibility index (Phi) is 5.75. The summed E-state index contributed by atoms with van der Waals surface area (Å²) in [6.07, 6.45) is 0.901. The second-order valence-corrected chi connectivity index (χ2v) is 10.9. The molecule has 0 saturated carbocycles. The molecule has 0 fully saturated rings. The van der Waals surface area contributed by atoms with Crippen LogP contribution in [0.15, 0.2) is 76.1 Å². The van der Waals surface area contributed by atoms with Crippen LogP contribution in [0.25, 0.3) is 0 Å². The van der Waals surface area contributed by atoms with Crippen molar-refractivity contribution < 1.29 is 17.9 Å². The lowest BCUT2D eigenvalue weighted by Gasteiger charge is -2.43. The summed E-state index contributed by atoms with van der Waals surface area (Å²) in [6.45, 7) is 4.05. The molecule has 176 valence electrons. The average Bonchev–Trinajstić information content (AvgIpc) is 2.77. The first-order valence-corrected chi connectivity index (χ1v) is 12.2. The molecule has 1 atom stereocenters. The van der Waals surface area contributed by atoms with Crippen LogP contribution in [0.2, 0.25) is 0 Å². The van der Waals surface area contributed by atoms with E-state index in [0.717, 1.165) is 5.70 Å². The number of allylic oxidation sites excluding steroid dienone is 3. The Morgan fingerprint density at radius 2 is 1.71 bits per heavy atom. The average molecular weight is 479 g/mol. The number of nitriles is 1. The Bertz CT molecular complexity index is 1370. The van der Waals surface area contributed by atoms with Gasteiger partial charge in [0.1, 0.15) is 11.6 Å². The van der Waals surface area contributed by atoms with Crippen molar-refractivity contribution in [2.75, 3.05) is 12.0 Å². The first kappa shape index (κ1) is 23.5. The molecule has 34 heavy (non-hydrogen) atoms. The van der Waals surface area contributed by atoms with Gasteiger partial charge in [-0.05, 0) is 53.8 Å². The van der Waals surface area contributed by atoms with Gasteiger partial charge in [0.05, 0.1) is 29.6 Å². The summed E-state index contributed by atoms with van der Waals surface area (Å²) in [5, 5.41) is 15.4. The maximum Gasteiger partial charge on any atom is 0.238 e. The molecule has 1 unspecified atom stereocenters. The highest BCUT2D eigenvalue weighted by atomic mass is 32.2. The van der Waals surface area contributed by atoms with E-state index < -0.39 is 15.9 Å². The minimum atomic E-state index is -3.88. The number of primary sulfonamides is 1. The van der Waals surface area contributed by atoms with Gasteiger partial charge in [0, 0.05) is 23.4 Å². The topological polar surface area (TPSA) is 140 Å². The minimum absolute atomic E-state index is 0.0484. The standard InChI is InChI=1S/C25H26N4O4S/c1-25(2)12-20-23(21(30)13-25)22(15-4-10-18(11-5-15)34(28,31)32)19(14-26)24(27)29(20)16-6-8-17(33-3)9-7-16/h4-11,22H,12-13,27H2,1-3H3,(H2,28,31,32). The fourth-order valence-electron chi connectivity index (χ4n) is 4.72. The number of nitrogens with two attached hydrogens (primary N) is 2. The summed E-state index contributed by atoms with van der Waals surface area (Å²) in [4.78, 5) is 15.2. The molecule has 4 rings (SSSR count). The van der Waals surface area contributed by atoms with E-state index in [4.69, 9.17) is 15.6 Å². The van der Waals surface area contributed by atoms with E-state index in [-0.39, 0.29) is 27.5 Å². The van der Waals surface area contributed by atoms with Crippen LogP contribution in [0, 0.1) is 16.7 Å². The molecule has 2 aromatic rings. The molecule has 1 heterocycles. The van der Waals surface area contributed by atoms with E-state index >= 15 is 0 Å². The zero-order valence-corrected chi connectivity index (χ0v) is 20.0. The fourth-order valence-corrected chi connectivity index (χ4v) is 5.23. The maximum absolute atomic E-state index is 13.5. The Hall–Kier alpha value is -3.61. The molecule has 2 aliphatic rings. The summed E-state index contributed by atoms with van der Waals surface area (Å²) in [7, 11) is -2.30. The van der Waals surface area contributed by atoms with Gasteiger partial charge in [0.15, 0.2) is 5.78 Å². The van der Waals surface area contributed by atoms with E-state index in [1.165, 1.54) is 12.1 Å². The lowest BCUT2D eigenvalue weighted by atomic mass is 9.68. The van der Waals surface area contributed by atoms with Crippen molar-refractivity contribution in [3.63, 3.8) is 0 Å². The molecule has 0 aromatic heterocycles. The number of hydrogen-bond donors (Lipinski definition) is 2. The molecule has 0 bridgehead atoms. The number of ketones is 1. The molecule has 1 aliphatic carbocycles. The zero-order valence-electron chi connectivity index (χ0n) is 19.2. The number of rotatable bonds is 4. The van der Waals surface area contributed by atoms with Gasteiger partial charge in [-0.3, -0.25) is 9.69 Å².